The van der Waals surface area contributed by atoms with Crippen molar-refractivity contribution in [3.8, 4) is 0 Å². The maximum absolute atomic E-state index is 12.0. The number of hydrogen-bond donors (Lipinski definition) is 1. The average molecular weight is 345 g/mol. The second kappa shape index (κ2) is 9.20. The SMILES string of the molecule is CCCCCc1ccc(NC(=O)CCCN2C(=O)CN(C)C2=O)cc1. The molecule has 1 saturated heterocycles. The molecule has 0 bridgehead atoms. The summed E-state index contributed by atoms with van der Waals surface area (Å²) in [5.41, 5.74) is 2.05. The lowest BCUT2D eigenvalue weighted by Crippen LogP contribution is -2.32. The van der Waals surface area contributed by atoms with Crippen LogP contribution < -0.4 is 5.32 Å². The van der Waals surface area contributed by atoms with Crippen molar-refractivity contribution in [2.24, 2.45) is 0 Å². The lowest BCUT2D eigenvalue weighted by molar-refractivity contribution is -0.125. The lowest BCUT2D eigenvalue weighted by atomic mass is 10.1. The zero-order valence-electron chi connectivity index (χ0n) is 15.1. The molecule has 0 atom stereocenters. The molecule has 1 fully saturated rings. The van der Waals surface area contributed by atoms with E-state index in [1.54, 1.807) is 7.05 Å². The van der Waals surface area contributed by atoms with Crippen LogP contribution in [-0.2, 0) is 16.0 Å². The summed E-state index contributed by atoms with van der Waals surface area (Å²) in [5, 5.41) is 2.86. The summed E-state index contributed by atoms with van der Waals surface area (Å²) < 4.78 is 0. The molecule has 1 N–H and O–H groups in total. The molecule has 25 heavy (non-hydrogen) atoms. The van der Waals surface area contributed by atoms with Crippen molar-refractivity contribution in [2.75, 3.05) is 25.5 Å². The largest absolute Gasteiger partial charge is 0.326 e. The number of nitrogens with one attached hydrogen (secondary N) is 1. The van der Waals surface area contributed by atoms with E-state index in [2.05, 4.69) is 12.2 Å². The summed E-state index contributed by atoms with van der Waals surface area (Å²) >= 11 is 0. The van der Waals surface area contributed by atoms with Crippen LogP contribution in [0.3, 0.4) is 0 Å². The van der Waals surface area contributed by atoms with Crippen LogP contribution in [-0.4, -0.2) is 47.8 Å². The van der Waals surface area contributed by atoms with Gasteiger partial charge in [0.2, 0.25) is 11.8 Å². The number of hydrogen-bond acceptors (Lipinski definition) is 3. The molecule has 0 saturated carbocycles. The Morgan fingerprint density at radius 2 is 1.84 bits per heavy atom. The van der Waals surface area contributed by atoms with Gasteiger partial charge in [0.15, 0.2) is 0 Å². The predicted molar refractivity (Wildman–Crippen MR) is 97.3 cm³/mol. The van der Waals surface area contributed by atoms with Gasteiger partial charge in [-0.2, -0.15) is 0 Å². The standard InChI is InChI=1S/C19H27N3O3/c1-3-4-5-7-15-9-11-16(12-10-15)20-17(23)8-6-13-22-18(24)14-21(2)19(22)25/h9-12H,3-8,13-14H2,1-2H3,(H,20,23). The first-order valence-electron chi connectivity index (χ1n) is 8.95. The van der Waals surface area contributed by atoms with Gasteiger partial charge in [-0.05, 0) is 37.0 Å². The minimum Gasteiger partial charge on any atom is -0.326 e. The van der Waals surface area contributed by atoms with E-state index in [9.17, 15) is 14.4 Å². The monoisotopic (exact) mass is 345 g/mol. The fraction of sp³-hybridized carbons (Fsp3) is 0.526. The Morgan fingerprint density at radius 1 is 1.12 bits per heavy atom. The van der Waals surface area contributed by atoms with Gasteiger partial charge < -0.3 is 10.2 Å². The third-order valence-electron chi connectivity index (χ3n) is 4.32. The molecule has 1 aromatic rings. The van der Waals surface area contributed by atoms with Crippen molar-refractivity contribution < 1.29 is 14.4 Å². The highest BCUT2D eigenvalue weighted by atomic mass is 16.2. The number of amides is 4. The van der Waals surface area contributed by atoms with Gasteiger partial charge in [-0.1, -0.05) is 31.9 Å². The van der Waals surface area contributed by atoms with Crippen molar-refractivity contribution >= 4 is 23.5 Å². The van der Waals surface area contributed by atoms with Crippen molar-refractivity contribution in [1.29, 1.82) is 0 Å². The van der Waals surface area contributed by atoms with E-state index in [4.69, 9.17) is 0 Å². The van der Waals surface area contributed by atoms with Gasteiger partial charge in [-0.3, -0.25) is 14.5 Å². The first-order chi connectivity index (χ1) is 12.0. The fourth-order valence-electron chi connectivity index (χ4n) is 2.84. The van der Waals surface area contributed by atoms with Gasteiger partial charge in [-0.15, -0.1) is 0 Å². The third kappa shape index (κ3) is 5.59. The molecule has 6 heteroatoms. The number of nitrogens with zero attached hydrogens (tertiary/aromatic N) is 2. The predicted octanol–water partition coefficient (Wildman–Crippen LogP) is 3.03. The van der Waals surface area contributed by atoms with E-state index < -0.39 is 0 Å². The Bertz CT molecular complexity index is 613. The number of aryl methyl sites for hydroxylation is 1. The quantitative estimate of drug-likeness (QED) is 0.552. The number of rotatable bonds is 9. The van der Waals surface area contributed by atoms with Gasteiger partial charge >= 0.3 is 6.03 Å². The highest BCUT2D eigenvalue weighted by Crippen LogP contribution is 2.13. The summed E-state index contributed by atoms with van der Waals surface area (Å²) in [6.45, 7) is 2.59. The minimum atomic E-state index is -0.288. The molecule has 0 aliphatic carbocycles. The second-order valence-corrected chi connectivity index (χ2v) is 6.49. The third-order valence-corrected chi connectivity index (χ3v) is 4.32. The highest BCUT2D eigenvalue weighted by Gasteiger charge is 2.32. The summed E-state index contributed by atoms with van der Waals surface area (Å²) in [4.78, 5) is 38.0. The zero-order valence-corrected chi connectivity index (χ0v) is 15.1. The molecule has 1 aliphatic heterocycles. The van der Waals surface area contributed by atoms with Crippen LogP contribution in [0.15, 0.2) is 24.3 Å². The number of unbranched alkanes of at least 4 members (excludes halogenated alkanes) is 2. The van der Waals surface area contributed by atoms with Crippen molar-refractivity contribution in [2.45, 2.75) is 45.4 Å². The van der Waals surface area contributed by atoms with Crippen LogP contribution in [0.1, 0.15) is 44.6 Å². The van der Waals surface area contributed by atoms with Gasteiger partial charge in [-0.25, -0.2) is 4.79 Å². The lowest BCUT2D eigenvalue weighted by Gasteiger charge is -2.13. The average Bonchev–Trinajstić information content (AvgIpc) is 2.83. The molecule has 1 aliphatic rings. The first kappa shape index (κ1) is 19.0. The number of urea groups is 1. The fourth-order valence-corrected chi connectivity index (χ4v) is 2.84. The highest BCUT2D eigenvalue weighted by molar-refractivity contribution is 6.01. The van der Waals surface area contributed by atoms with Crippen LogP contribution in [0.25, 0.3) is 0 Å². The van der Waals surface area contributed by atoms with Gasteiger partial charge in [0.25, 0.3) is 0 Å². The summed E-state index contributed by atoms with van der Waals surface area (Å²) in [7, 11) is 1.60. The molecule has 0 spiro atoms. The van der Waals surface area contributed by atoms with Crippen molar-refractivity contribution in [3.05, 3.63) is 29.8 Å². The zero-order chi connectivity index (χ0) is 18.2. The summed E-state index contributed by atoms with van der Waals surface area (Å²) in [6.07, 6.45) is 5.43. The number of benzene rings is 1. The van der Waals surface area contributed by atoms with E-state index in [1.807, 2.05) is 24.3 Å². The molecule has 136 valence electrons. The maximum atomic E-state index is 12.0. The summed E-state index contributed by atoms with van der Waals surface area (Å²) in [6, 6.07) is 7.64. The molecule has 0 unspecified atom stereocenters. The molecule has 1 aromatic carbocycles. The van der Waals surface area contributed by atoms with Crippen LogP contribution in [0.5, 0.6) is 0 Å². The molecule has 0 radical (unpaired) electrons. The van der Waals surface area contributed by atoms with E-state index in [0.717, 1.165) is 12.1 Å². The smallest absolute Gasteiger partial charge is 0.326 e. The van der Waals surface area contributed by atoms with Crippen molar-refractivity contribution in [3.63, 3.8) is 0 Å². The van der Waals surface area contributed by atoms with Gasteiger partial charge in [0.1, 0.15) is 6.54 Å². The Balaban J connectivity index is 1.71. The van der Waals surface area contributed by atoms with Crippen LogP contribution >= 0.6 is 0 Å². The number of carbonyl (C=O) groups excluding carboxylic acids is 3. The maximum Gasteiger partial charge on any atom is 0.326 e. The summed E-state index contributed by atoms with van der Waals surface area (Å²) in [5.74, 6) is -0.308. The van der Waals surface area contributed by atoms with Crippen LogP contribution in [0.2, 0.25) is 0 Å². The number of likely N-dealkylation sites (N-methyl/N-ethyl adjacent to an activating group) is 1. The molecule has 4 amide bonds. The van der Waals surface area contributed by atoms with Crippen molar-refractivity contribution in [1.82, 2.24) is 9.80 Å². The Morgan fingerprint density at radius 3 is 2.44 bits per heavy atom. The normalized spacial score (nSPS) is 14.3. The Hall–Kier alpha value is -2.37. The Kier molecular flexibility index (Phi) is 6.98. The number of anilines is 1. The molecule has 2 rings (SSSR count). The Labute approximate surface area is 149 Å². The molecular formula is C19H27N3O3. The van der Waals surface area contributed by atoms with Crippen LogP contribution in [0, 0.1) is 0 Å². The van der Waals surface area contributed by atoms with E-state index in [-0.39, 0.29) is 37.4 Å². The second-order valence-electron chi connectivity index (χ2n) is 6.49. The molecular weight excluding hydrogens is 318 g/mol. The van der Waals surface area contributed by atoms with Gasteiger partial charge in [0, 0.05) is 25.7 Å². The minimum absolute atomic E-state index is 0.105. The van der Waals surface area contributed by atoms with E-state index in [0.29, 0.717) is 6.42 Å². The molecule has 0 aromatic heterocycles. The number of carbonyl (C=O) groups is 3. The van der Waals surface area contributed by atoms with Gasteiger partial charge in [0.05, 0.1) is 0 Å². The van der Waals surface area contributed by atoms with E-state index in [1.165, 1.54) is 34.6 Å². The first-order valence-corrected chi connectivity index (χ1v) is 8.95. The van der Waals surface area contributed by atoms with Crippen LogP contribution in [0.4, 0.5) is 10.5 Å². The topological polar surface area (TPSA) is 69.7 Å². The van der Waals surface area contributed by atoms with E-state index >= 15 is 0 Å². The molecule has 1 heterocycles. The number of imide groups is 1. The molecule has 6 nitrogen and oxygen atoms in total.